The van der Waals surface area contributed by atoms with Crippen molar-refractivity contribution < 1.29 is 0 Å². The van der Waals surface area contributed by atoms with Crippen LogP contribution in [0.4, 0.5) is 0 Å². The third-order valence-electron chi connectivity index (χ3n) is 8.23. The van der Waals surface area contributed by atoms with Gasteiger partial charge in [-0.2, -0.15) is 0 Å². The Balaban J connectivity index is 1.60. The van der Waals surface area contributed by atoms with Crippen molar-refractivity contribution in [3.05, 3.63) is 119 Å². The van der Waals surface area contributed by atoms with Gasteiger partial charge in [0.25, 0.3) is 0 Å². The van der Waals surface area contributed by atoms with Crippen LogP contribution in [0.1, 0.15) is 62.8 Å². The average molecular weight is 429 g/mol. The third kappa shape index (κ3) is 3.04. The van der Waals surface area contributed by atoms with Crippen LogP contribution >= 0.6 is 0 Å². The Morgan fingerprint density at radius 3 is 1.21 bits per heavy atom. The van der Waals surface area contributed by atoms with E-state index in [0.717, 1.165) is 0 Å². The second kappa shape index (κ2) is 6.94. The number of rotatable bonds is 2. The molecular formula is C33H32. The molecule has 0 amide bonds. The second-order valence-corrected chi connectivity index (χ2v) is 11.5. The minimum atomic E-state index is 0.0627. The van der Waals surface area contributed by atoms with Crippen LogP contribution in [0.2, 0.25) is 0 Å². The standard InChI is InChI=1S/C33H32/c1-31(2)21-33(29-19-25(15-17-27(29)31)23-11-7-5-8-12-23)22-32(3,4)28-18-16-26(20-30(28)33)24-13-9-6-10-14-24/h5-20H,21-22H2,1-4H3. The van der Waals surface area contributed by atoms with Crippen molar-refractivity contribution >= 4 is 0 Å². The van der Waals surface area contributed by atoms with Gasteiger partial charge in [0.2, 0.25) is 0 Å². The van der Waals surface area contributed by atoms with E-state index in [9.17, 15) is 0 Å². The van der Waals surface area contributed by atoms with Crippen LogP contribution in [0, 0.1) is 0 Å². The molecule has 4 aromatic rings. The highest BCUT2D eigenvalue weighted by molar-refractivity contribution is 5.72. The van der Waals surface area contributed by atoms with Gasteiger partial charge in [0.1, 0.15) is 0 Å². The molecule has 2 aliphatic carbocycles. The molecule has 4 aromatic carbocycles. The van der Waals surface area contributed by atoms with Gasteiger partial charge in [-0.1, -0.05) is 113 Å². The molecule has 0 heteroatoms. The molecule has 0 radical (unpaired) electrons. The Morgan fingerprint density at radius 2 is 0.818 bits per heavy atom. The Hall–Kier alpha value is -3.12. The first kappa shape index (κ1) is 20.5. The number of benzene rings is 4. The SMILES string of the molecule is CC1(C)CC2(CC(C)(C)c3ccc(-c4ccccc4)cc32)c2cc(-c3ccccc3)ccc21. The fourth-order valence-electron chi connectivity index (χ4n) is 6.97. The first-order valence-electron chi connectivity index (χ1n) is 12.2. The van der Waals surface area contributed by atoms with E-state index in [1.165, 1.54) is 46.2 Å². The molecule has 0 heterocycles. The monoisotopic (exact) mass is 428 g/mol. The number of hydrogen-bond donors (Lipinski definition) is 0. The van der Waals surface area contributed by atoms with Gasteiger partial charge < -0.3 is 0 Å². The summed E-state index contributed by atoms with van der Waals surface area (Å²) in [5, 5.41) is 0. The van der Waals surface area contributed by atoms with Crippen LogP contribution in [0.15, 0.2) is 97.1 Å². The van der Waals surface area contributed by atoms with Gasteiger partial charge in [-0.3, -0.25) is 0 Å². The van der Waals surface area contributed by atoms with E-state index in [4.69, 9.17) is 0 Å². The first-order chi connectivity index (χ1) is 15.8. The Morgan fingerprint density at radius 1 is 0.424 bits per heavy atom. The van der Waals surface area contributed by atoms with Crippen LogP contribution in [0.3, 0.4) is 0 Å². The largest absolute Gasteiger partial charge is 0.0622 e. The summed E-state index contributed by atoms with van der Waals surface area (Å²) >= 11 is 0. The lowest BCUT2D eigenvalue weighted by Gasteiger charge is -2.31. The maximum absolute atomic E-state index is 2.51. The second-order valence-electron chi connectivity index (χ2n) is 11.5. The minimum Gasteiger partial charge on any atom is -0.0622 e. The highest BCUT2D eigenvalue weighted by Gasteiger charge is 2.56. The molecule has 164 valence electrons. The van der Waals surface area contributed by atoms with Crippen molar-refractivity contribution in [1.29, 1.82) is 0 Å². The summed E-state index contributed by atoms with van der Waals surface area (Å²) < 4.78 is 0. The van der Waals surface area contributed by atoms with Crippen molar-refractivity contribution in [2.45, 2.75) is 56.8 Å². The lowest BCUT2D eigenvalue weighted by Crippen LogP contribution is -2.27. The first-order valence-corrected chi connectivity index (χ1v) is 12.2. The highest BCUT2D eigenvalue weighted by Crippen LogP contribution is 2.63. The summed E-state index contributed by atoms with van der Waals surface area (Å²) in [5.41, 5.74) is 11.8. The van der Waals surface area contributed by atoms with Gasteiger partial charge in [0.05, 0.1) is 0 Å². The summed E-state index contributed by atoms with van der Waals surface area (Å²) in [4.78, 5) is 0. The van der Waals surface area contributed by atoms with E-state index in [-0.39, 0.29) is 16.2 Å². The predicted molar refractivity (Wildman–Crippen MR) is 140 cm³/mol. The Labute approximate surface area is 198 Å². The molecule has 0 nitrogen and oxygen atoms in total. The number of hydrogen-bond acceptors (Lipinski definition) is 0. The van der Waals surface area contributed by atoms with Crippen LogP contribution in [-0.2, 0) is 16.2 Å². The molecule has 0 aromatic heterocycles. The Bertz CT molecular complexity index is 1230. The predicted octanol–water partition coefficient (Wildman–Crippen LogP) is 8.67. The zero-order valence-corrected chi connectivity index (χ0v) is 20.2. The Kier molecular flexibility index (Phi) is 4.31. The molecule has 0 saturated carbocycles. The van der Waals surface area contributed by atoms with Gasteiger partial charge in [0, 0.05) is 5.41 Å². The fraction of sp³-hybridized carbons (Fsp3) is 0.273. The molecule has 1 spiro atoms. The smallest absolute Gasteiger partial charge is 0.0225 e. The lowest BCUT2D eigenvalue weighted by atomic mass is 9.72. The zero-order valence-electron chi connectivity index (χ0n) is 20.2. The van der Waals surface area contributed by atoms with Gasteiger partial charge in [-0.05, 0) is 80.3 Å². The normalized spacial score (nSPS) is 18.8. The van der Waals surface area contributed by atoms with Crippen molar-refractivity contribution in [1.82, 2.24) is 0 Å². The van der Waals surface area contributed by atoms with E-state index in [1.807, 2.05) is 0 Å². The van der Waals surface area contributed by atoms with Crippen molar-refractivity contribution in [3.8, 4) is 22.3 Å². The van der Waals surface area contributed by atoms with Gasteiger partial charge in [-0.15, -0.1) is 0 Å². The van der Waals surface area contributed by atoms with Crippen molar-refractivity contribution in [2.75, 3.05) is 0 Å². The third-order valence-corrected chi connectivity index (χ3v) is 8.23. The molecule has 0 fully saturated rings. The van der Waals surface area contributed by atoms with Gasteiger partial charge in [-0.25, -0.2) is 0 Å². The topological polar surface area (TPSA) is 0 Å². The van der Waals surface area contributed by atoms with Gasteiger partial charge in [0.15, 0.2) is 0 Å². The average Bonchev–Trinajstić information content (AvgIpc) is 3.19. The molecule has 0 N–H and O–H groups in total. The molecular weight excluding hydrogens is 396 g/mol. The summed E-state index contributed by atoms with van der Waals surface area (Å²) in [7, 11) is 0. The van der Waals surface area contributed by atoms with Crippen molar-refractivity contribution in [2.24, 2.45) is 0 Å². The van der Waals surface area contributed by atoms with Crippen LogP contribution in [-0.4, -0.2) is 0 Å². The minimum absolute atomic E-state index is 0.0627. The molecule has 0 bridgehead atoms. The molecule has 33 heavy (non-hydrogen) atoms. The maximum Gasteiger partial charge on any atom is 0.0225 e. The van der Waals surface area contributed by atoms with E-state index in [0.29, 0.717) is 0 Å². The summed E-state index contributed by atoms with van der Waals surface area (Å²) in [6, 6.07) is 36.2. The fourth-order valence-corrected chi connectivity index (χ4v) is 6.97. The molecule has 2 aliphatic rings. The molecule has 0 atom stereocenters. The van der Waals surface area contributed by atoms with Gasteiger partial charge >= 0.3 is 0 Å². The summed E-state index contributed by atoms with van der Waals surface area (Å²) in [6.07, 6.45) is 2.34. The highest BCUT2D eigenvalue weighted by atomic mass is 14.6. The molecule has 0 aliphatic heterocycles. The molecule has 0 unspecified atom stereocenters. The molecule has 6 rings (SSSR count). The lowest BCUT2D eigenvalue weighted by molar-refractivity contribution is 0.350. The van der Waals surface area contributed by atoms with E-state index in [1.54, 1.807) is 11.1 Å². The van der Waals surface area contributed by atoms with E-state index < -0.39 is 0 Å². The number of fused-ring (bicyclic) bond motifs is 4. The maximum atomic E-state index is 2.51. The molecule has 0 saturated heterocycles. The van der Waals surface area contributed by atoms with Crippen LogP contribution in [0.25, 0.3) is 22.3 Å². The summed E-state index contributed by atoms with van der Waals surface area (Å²) in [6.45, 7) is 9.76. The zero-order chi connectivity index (χ0) is 22.8. The quantitative estimate of drug-likeness (QED) is 0.299. The van der Waals surface area contributed by atoms with Crippen LogP contribution < -0.4 is 0 Å². The summed E-state index contributed by atoms with van der Waals surface area (Å²) in [5.74, 6) is 0. The van der Waals surface area contributed by atoms with E-state index in [2.05, 4.69) is 125 Å². The van der Waals surface area contributed by atoms with E-state index >= 15 is 0 Å². The van der Waals surface area contributed by atoms with Crippen molar-refractivity contribution in [3.63, 3.8) is 0 Å². The van der Waals surface area contributed by atoms with Crippen LogP contribution in [0.5, 0.6) is 0 Å².